The van der Waals surface area contributed by atoms with Gasteiger partial charge in [0.1, 0.15) is 0 Å². The third-order valence-corrected chi connectivity index (χ3v) is 3.04. The highest BCUT2D eigenvalue weighted by atomic mass is 15.1. The molecule has 0 amide bonds. The van der Waals surface area contributed by atoms with Crippen molar-refractivity contribution in [3.63, 3.8) is 0 Å². The number of hydrogen-bond acceptors (Lipinski definition) is 2. The number of nitrogens with zero attached hydrogens (tertiary/aromatic N) is 1. The third kappa shape index (κ3) is 4.77. The van der Waals surface area contributed by atoms with E-state index >= 15 is 0 Å². The van der Waals surface area contributed by atoms with Crippen LogP contribution in [0.15, 0.2) is 12.2 Å². The monoisotopic (exact) mass is 196 g/mol. The predicted octanol–water partition coefficient (Wildman–Crippen LogP) is 1.88. The Hall–Kier alpha value is -0.340. The maximum absolute atomic E-state index is 3.15. The Morgan fingerprint density at radius 2 is 2.00 bits per heavy atom. The molecule has 1 aliphatic rings. The largest absolute Gasteiger partial charge is 0.319 e. The number of piperidine rings is 1. The van der Waals surface area contributed by atoms with Gasteiger partial charge in [0, 0.05) is 0 Å². The van der Waals surface area contributed by atoms with Gasteiger partial charge in [-0.05, 0) is 65.3 Å². The van der Waals surface area contributed by atoms with Crippen LogP contribution in [-0.2, 0) is 0 Å². The fraction of sp³-hybridized carbons (Fsp3) is 0.833. The van der Waals surface area contributed by atoms with Crippen LogP contribution in [0, 0.1) is 5.92 Å². The van der Waals surface area contributed by atoms with E-state index in [2.05, 4.69) is 29.4 Å². The summed E-state index contributed by atoms with van der Waals surface area (Å²) < 4.78 is 0. The van der Waals surface area contributed by atoms with Crippen molar-refractivity contribution in [3.05, 3.63) is 12.2 Å². The summed E-state index contributed by atoms with van der Waals surface area (Å²) in [6.45, 7) is 3.67. The summed E-state index contributed by atoms with van der Waals surface area (Å²) in [6.07, 6.45) is 9.91. The van der Waals surface area contributed by atoms with Crippen molar-refractivity contribution in [1.29, 1.82) is 0 Å². The molecule has 0 unspecified atom stereocenters. The molecule has 0 spiro atoms. The van der Waals surface area contributed by atoms with Gasteiger partial charge < -0.3 is 10.2 Å². The average Bonchev–Trinajstić information content (AvgIpc) is 2.21. The van der Waals surface area contributed by atoms with Gasteiger partial charge in [0.15, 0.2) is 0 Å². The molecule has 1 rings (SSSR count). The summed E-state index contributed by atoms with van der Waals surface area (Å²) in [6, 6.07) is 0. The van der Waals surface area contributed by atoms with Crippen molar-refractivity contribution in [2.45, 2.75) is 25.7 Å². The molecule has 1 aliphatic heterocycles. The van der Waals surface area contributed by atoms with E-state index in [-0.39, 0.29) is 0 Å². The Balaban J connectivity index is 2.03. The van der Waals surface area contributed by atoms with Gasteiger partial charge in [0.25, 0.3) is 0 Å². The minimum Gasteiger partial charge on any atom is -0.319 e. The fourth-order valence-corrected chi connectivity index (χ4v) is 1.93. The van der Waals surface area contributed by atoms with Gasteiger partial charge in [0.05, 0.1) is 0 Å². The van der Waals surface area contributed by atoms with Crippen LogP contribution >= 0.6 is 0 Å². The minimum atomic E-state index is 0.942. The lowest BCUT2D eigenvalue weighted by molar-refractivity contribution is 0.220. The number of rotatable bonds is 5. The van der Waals surface area contributed by atoms with Gasteiger partial charge in [-0.15, -0.1) is 0 Å². The molecule has 0 bridgehead atoms. The van der Waals surface area contributed by atoms with Crippen molar-refractivity contribution in [1.82, 2.24) is 10.2 Å². The molecule has 1 fully saturated rings. The second-order valence-electron chi connectivity index (χ2n) is 4.35. The van der Waals surface area contributed by atoms with Crippen LogP contribution in [0.1, 0.15) is 25.7 Å². The Morgan fingerprint density at radius 1 is 1.29 bits per heavy atom. The molecule has 82 valence electrons. The minimum absolute atomic E-state index is 0.942. The molecule has 1 heterocycles. The van der Waals surface area contributed by atoms with Gasteiger partial charge >= 0.3 is 0 Å². The second kappa shape index (κ2) is 7.02. The van der Waals surface area contributed by atoms with Gasteiger partial charge in [0.2, 0.25) is 0 Å². The maximum Gasteiger partial charge on any atom is -0.00173 e. The van der Waals surface area contributed by atoms with Crippen molar-refractivity contribution in [2.75, 3.05) is 33.7 Å². The zero-order valence-corrected chi connectivity index (χ0v) is 9.63. The number of hydrogen-bond donors (Lipinski definition) is 1. The highest BCUT2D eigenvalue weighted by molar-refractivity contribution is 4.86. The summed E-state index contributed by atoms with van der Waals surface area (Å²) >= 11 is 0. The summed E-state index contributed by atoms with van der Waals surface area (Å²) in [5.74, 6) is 0.942. The molecule has 14 heavy (non-hydrogen) atoms. The number of nitrogens with one attached hydrogen (secondary N) is 1. The lowest BCUT2D eigenvalue weighted by Gasteiger charge is -2.28. The van der Waals surface area contributed by atoms with E-state index in [9.17, 15) is 0 Å². The van der Waals surface area contributed by atoms with Crippen LogP contribution < -0.4 is 5.32 Å². The van der Waals surface area contributed by atoms with E-state index in [1.165, 1.54) is 38.8 Å². The molecule has 0 aromatic carbocycles. The SMILES string of the molecule is CNCC/C=C\CC1CCN(C)CC1. The van der Waals surface area contributed by atoms with Crippen LogP contribution in [0.4, 0.5) is 0 Å². The first-order valence-electron chi connectivity index (χ1n) is 5.81. The second-order valence-corrected chi connectivity index (χ2v) is 4.35. The molecule has 0 aliphatic carbocycles. The highest BCUT2D eigenvalue weighted by Crippen LogP contribution is 2.19. The van der Waals surface area contributed by atoms with E-state index in [4.69, 9.17) is 0 Å². The van der Waals surface area contributed by atoms with E-state index in [0.29, 0.717) is 0 Å². The zero-order chi connectivity index (χ0) is 10.2. The van der Waals surface area contributed by atoms with Crippen LogP contribution in [0.5, 0.6) is 0 Å². The Kier molecular flexibility index (Phi) is 5.88. The Labute approximate surface area is 88.4 Å². The van der Waals surface area contributed by atoms with E-state index in [0.717, 1.165) is 12.5 Å². The van der Waals surface area contributed by atoms with Crippen LogP contribution in [-0.4, -0.2) is 38.6 Å². The smallest absolute Gasteiger partial charge is 0.00173 e. The first kappa shape index (κ1) is 11.7. The Bertz CT molecular complexity index is 158. The Morgan fingerprint density at radius 3 is 2.64 bits per heavy atom. The van der Waals surface area contributed by atoms with Gasteiger partial charge in [-0.25, -0.2) is 0 Å². The topological polar surface area (TPSA) is 15.3 Å². The van der Waals surface area contributed by atoms with Gasteiger partial charge in [-0.1, -0.05) is 12.2 Å². The van der Waals surface area contributed by atoms with Crippen LogP contribution in [0.3, 0.4) is 0 Å². The van der Waals surface area contributed by atoms with E-state index < -0.39 is 0 Å². The van der Waals surface area contributed by atoms with Crippen molar-refractivity contribution >= 4 is 0 Å². The fourth-order valence-electron chi connectivity index (χ4n) is 1.93. The molecular formula is C12H24N2. The lowest BCUT2D eigenvalue weighted by atomic mass is 9.94. The van der Waals surface area contributed by atoms with E-state index in [1.807, 2.05) is 7.05 Å². The third-order valence-electron chi connectivity index (χ3n) is 3.04. The molecule has 0 radical (unpaired) electrons. The van der Waals surface area contributed by atoms with Crippen LogP contribution in [0.25, 0.3) is 0 Å². The van der Waals surface area contributed by atoms with Gasteiger partial charge in [-0.3, -0.25) is 0 Å². The molecule has 0 saturated carbocycles. The highest BCUT2D eigenvalue weighted by Gasteiger charge is 2.14. The lowest BCUT2D eigenvalue weighted by Crippen LogP contribution is -2.29. The molecule has 2 nitrogen and oxygen atoms in total. The molecule has 1 N–H and O–H groups in total. The summed E-state index contributed by atoms with van der Waals surface area (Å²) in [7, 11) is 4.23. The van der Waals surface area contributed by atoms with E-state index in [1.54, 1.807) is 0 Å². The molecular weight excluding hydrogens is 172 g/mol. The van der Waals surface area contributed by atoms with Crippen molar-refractivity contribution in [2.24, 2.45) is 5.92 Å². The molecule has 2 heteroatoms. The molecule has 1 saturated heterocycles. The normalized spacial score (nSPS) is 20.7. The summed E-state index contributed by atoms with van der Waals surface area (Å²) in [4.78, 5) is 2.43. The quantitative estimate of drug-likeness (QED) is 0.533. The maximum atomic E-state index is 3.15. The molecule has 0 aromatic rings. The van der Waals surface area contributed by atoms with Gasteiger partial charge in [-0.2, -0.15) is 0 Å². The predicted molar refractivity (Wildman–Crippen MR) is 62.5 cm³/mol. The molecule has 0 aromatic heterocycles. The number of likely N-dealkylation sites (tertiary alicyclic amines) is 1. The molecule has 0 atom stereocenters. The number of allylic oxidation sites excluding steroid dienone is 1. The van der Waals surface area contributed by atoms with Crippen LogP contribution in [0.2, 0.25) is 0 Å². The summed E-state index contributed by atoms with van der Waals surface area (Å²) in [5.41, 5.74) is 0. The first-order valence-corrected chi connectivity index (χ1v) is 5.81. The zero-order valence-electron chi connectivity index (χ0n) is 9.63. The average molecular weight is 196 g/mol. The van der Waals surface area contributed by atoms with Crippen molar-refractivity contribution in [3.8, 4) is 0 Å². The van der Waals surface area contributed by atoms with Crippen molar-refractivity contribution < 1.29 is 0 Å². The first-order chi connectivity index (χ1) is 6.83. The summed E-state index contributed by atoms with van der Waals surface area (Å²) in [5, 5.41) is 3.15. The standard InChI is InChI=1S/C12H24N2/c1-13-9-5-3-4-6-12-7-10-14(2)11-8-12/h3-4,12-13H,5-11H2,1-2H3/b4-3-.